The summed E-state index contributed by atoms with van der Waals surface area (Å²) in [6, 6.07) is 7.53. The lowest BCUT2D eigenvalue weighted by molar-refractivity contribution is -0.363. The molecular formula is C42H48O24. The number of aliphatic hydroxyl groups excluding tert-OH is 11. The predicted molar refractivity (Wildman–Crippen MR) is 213 cm³/mol. The van der Waals surface area contributed by atoms with Crippen LogP contribution in [0.1, 0.15) is 11.1 Å². The molecule has 15 N–H and O–H groups in total. The van der Waals surface area contributed by atoms with Crippen LogP contribution in [-0.4, -0.2) is 201 Å². The van der Waals surface area contributed by atoms with E-state index in [4.69, 9.17) is 37.9 Å². The second-order valence-electron chi connectivity index (χ2n) is 15.6. The summed E-state index contributed by atoms with van der Waals surface area (Å²) in [4.78, 5) is 12.9. The number of hydrogen-bond acceptors (Lipinski definition) is 24. The van der Waals surface area contributed by atoms with Gasteiger partial charge in [0.15, 0.2) is 47.3 Å². The second-order valence-corrected chi connectivity index (χ2v) is 15.6. The van der Waals surface area contributed by atoms with Gasteiger partial charge >= 0.3 is 5.97 Å². The van der Waals surface area contributed by atoms with Gasteiger partial charge in [0.1, 0.15) is 84.4 Å². The van der Waals surface area contributed by atoms with E-state index in [0.717, 1.165) is 30.4 Å². The van der Waals surface area contributed by atoms with Crippen LogP contribution in [0.3, 0.4) is 0 Å². The number of allylic oxidation sites excluding steroid dienone is 2. The summed E-state index contributed by atoms with van der Waals surface area (Å²) in [5.41, 5.74) is 0.190. The predicted octanol–water partition coefficient (Wildman–Crippen LogP) is -3.44. The molecule has 0 saturated carbocycles. The van der Waals surface area contributed by atoms with E-state index in [-0.39, 0.29) is 22.6 Å². The molecule has 360 valence electrons. The van der Waals surface area contributed by atoms with Crippen molar-refractivity contribution in [1.82, 2.24) is 0 Å². The summed E-state index contributed by atoms with van der Waals surface area (Å²) >= 11 is 0. The highest BCUT2D eigenvalue weighted by atomic mass is 16.8. The van der Waals surface area contributed by atoms with Gasteiger partial charge in [-0.2, -0.15) is 0 Å². The minimum Gasteiger partial charge on any atom is -0.508 e. The molecule has 4 heterocycles. The zero-order valence-electron chi connectivity index (χ0n) is 34.1. The average Bonchev–Trinajstić information content (AvgIpc) is 3.29. The largest absolute Gasteiger partial charge is 0.508 e. The van der Waals surface area contributed by atoms with Gasteiger partial charge < -0.3 is 114 Å². The van der Waals surface area contributed by atoms with Crippen molar-refractivity contribution < 1.29 is 119 Å². The van der Waals surface area contributed by atoms with Gasteiger partial charge in [0, 0.05) is 29.4 Å². The van der Waals surface area contributed by atoms with Crippen LogP contribution in [0.15, 0.2) is 83.6 Å². The summed E-state index contributed by atoms with van der Waals surface area (Å²) < 4.78 is 46.4. The summed E-state index contributed by atoms with van der Waals surface area (Å²) in [7, 11) is 0. The Morgan fingerprint density at radius 3 is 1.86 bits per heavy atom. The number of carbonyl (C=O) groups excluding carboxylic acids is 1. The Kier molecular flexibility index (Phi) is 14.8. The molecule has 0 radical (unpaired) electrons. The van der Waals surface area contributed by atoms with Crippen molar-refractivity contribution in [2.24, 2.45) is 0 Å². The fourth-order valence-corrected chi connectivity index (χ4v) is 7.52. The number of esters is 1. The highest BCUT2D eigenvalue weighted by Gasteiger charge is 2.53. The number of ether oxygens (including phenoxy) is 8. The lowest BCUT2D eigenvalue weighted by Crippen LogP contribution is -2.65. The summed E-state index contributed by atoms with van der Waals surface area (Å²) in [6.45, 7) is -2.67. The maximum atomic E-state index is 12.9. The molecule has 1 aliphatic carbocycles. The number of phenolic OH excluding ortho intramolecular Hbond substituents is 4. The van der Waals surface area contributed by atoms with E-state index < -0.39 is 159 Å². The molecule has 4 aliphatic heterocycles. The van der Waals surface area contributed by atoms with Gasteiger partial charge in [-0.1, -0.05) is 12.1 Å². The maximum absolute atomic E-state index is 12.9. The Hall–Kier alpha value is -5.55. The highest BCUT2D eigenvalue weighted by molar-refractivity contribution is 5.87. The topological polar surface area (TPSA) is 394 Å². The molecule has 24 nitrogen and oxygen atoms in total. The van der Waals surface area contributed by atoms with E-state index in [0.29, 0.717) is 5.56 Å². The third kappa shape index (κ3) is 9.92. The van der Waals surface area contributed by atoms with Gasteiger partial charge in [-0.15, -0.1) is 0 Å². The number of benzene rings is 2. The number of carbonyl (C=O) groups is 1. The monoisotopic (exact) mass is 936 g/mol. The lowest BCUT2D eigenvalue weighted by Gasteiger charge is -2.46. The second kappa shape index (κ2) is 20.1. The number of aromatic hydroxyl groups is 4. The van der Waals surface area contributed by atoms with Crippen molar-refractivity contribution in [2.75, 3.05) is 19.8 Å². The molecule has 3 saturated heterocycles. The van der Waals surface area contributed by atoms with Crippen molar-refractivity contribution in [2.45, 2.75) is 98.2 Å². The first-order valence-electron chi connectivity index (χ1n) is 20.2. The van der Waals surface area contributed by atoms with Crippen molar-refractivity contribution in [1.29, 1.82) is 0 Å². The Bertz CT molecular complexity index is 2200. The van der Waals surface area contributed by atoms with Gasteiger partial charge in [0.25, 0.3) is 0 Å². The first-order chi connectivity index (χ1) is 31.4. The van der Waals surface area contributed by atoms with E-state index >= 15 is 0 Å². The van der Waals surface area contributed by atoms with Gasteiger partial charge in [-0.25, -0.2) is 4.79 Å². The summed E-state index contributed by atoms with van der Waals surface area (Å²) in [5, 5.41) is 157. The van der Waals surface area contributed by atoms with Crippen LogP contribution in [0.25, 0.3) is 11.8 Å². The minimum absolute atomic E-state index is 0.0357. The van der Waals surface area contributed by atoms with E-state index in [9.17, 15) is 81.4 Å². The fourth-order valence-electron chi connectivity index (χ4n) is 7.52. The number of fused-ring (bicyclic) bond motifs is 1. The zero-order valence-corrected chi connectivity index (χ0v) is 34.1. The third-order valence-electron chi connectivity index (χ3n) is 11.1. The van der Waals surface area contributed by atoms with Crippen LogP contribution in [0, 0.1) is 0 Å². The molecule has 0 spiro atoms. The SMILES string of the molecule is O=C(C=Cc1ccc(O)cc1)OC1C(O)C(CO)OC(OC2C(OC3=C(c4cc(O)c(O)c(O)c4)OC4C=C(O)C=C(OC5OC(CO)C(O)C(O)C5O)C4=C3)OC(CO)C(O)C2O)C1O. The van der Waals surface area contributed by atoms with Crippen LogP contribution in [0.5, 0.6) is 23.0 Å². The molecule has 7 rings (SSSR count). The van der Waals surface area contributed by atoms with Crippen molar-refractivity contribution in [3.05, 3.63) is 94.7 Å². The van der Waals surface area contributed by atoms with Crippen molar-refractivity contribution in [3.63, 3.8) is 0 Å². The maximum Gasteiger partial charge on any atom is 0.331 e. The lowest BCUT2D eigenvalue weighted by atomic mass is 9.95. The minimum atomic E-state index is -2.10. The molecule has 0 amide bonds. The van der Waals surface area contributed by atoms with Crippen molar-refractivity contribution >= 4 is 17.8 Å². The molecule has 2 aromatic carbocycles. The van der Waals surface area contributed by atoms with Crippen LogP contribution < -0.4 is 0 Å². The summed E-state index contributed by atoms with van der Waals surface area (Å²) in [5.74, 6) is -5.44. The molecule has 16 atom stereocenters. The quantitative estimate of drug-likeness (QED) is 0.0528. The standard InChI is InChI=1S/C42H48O24/c43-12-25-30(52)33(55)35(57)40(62-25)60-23-10-18(47)9-22-19(23)11-24(37(59-22)16-7-20(48)29(51)21(49)8-16)61-42-39(34(56)31(53)26(13-44)64-42)66-41-36(58)38(32(54)27(14-45)63-41)65-28(50)6-3-15-1-4-17(46)5-2-15/h1-11,22,25-27,30-36,38-49,51-58H,12-14H2. The molecule has 5 aliphatic rings. The summed E-state index contributed by atoms with van der Waals surface area (Å²) in [6.07, 6.45) is -23.6. The van der Waals surface area contributed by atoms with Crippen LogP contribution in [0.4, 0.5) is 0 Å². The number of phenols is 4. The van der Waals surface area contributed by atoms with E-state index in [1.165, 1.54) is 36.4 Å². The zero-order chi connectivity index (χ0) is 47.7. The van der Waals surface area contributed by atoms with Crippen molar-refractivity contribution in [3.8, 4) is 23.0 Å². The van der Waals surface area contributed by atoms with Crippen LogP contribution in [0.2, 0.25) is 0 Å². The molecule has 16 unspecified atom stereocenters. The number of rotatable bonds is 13. The average molecular weight is 937 g/mol. The Labute approximate surface area is 372 Å². The smallest absolute Gasteiger partial charge is 0.331 e. The normalized spacial score (nSPS) is 35.8. The Morgan fingerprint density at radius 1 is 0.636 bits per heavy atom. The van der Waals surface area contributed by atoms with E-state index in [1.54, 1.807) is 0 Å². The first-order valence-corrected chi connectivity index (χ1v) is 20.2. The Morgan fingerprint density at radius 2 is 1.23 bits per heavy atom. The molecule has 24 heteroatoms. The molecule has 0 bridgehead atoms. The molecule has 3 fully saturated rings. The third-order valence-corrected chi connectivity index (χ3v) is 11.1. The van der Waals surface area contributed by atoms with E-state index in [1.807, 2.05) is 0 Å². The van der Waals surface area contributed by atoms with Crippen LogP contribution >= 0.6 is 0 Å². The molecule has 0 aromatic heterocycles. The first kappa shape index (κ1) is 48.4. The van der Waals surface area contributed by atoms with Gasteiger partial charge in [0.05, 0.1) is 19.8 Å². The molecular weight excluding hydrogens is 888 g/mol. The Balaban J connectivity index is 1.23. The molecule has 2 aromatic rings. The number of aliphatic hydroxyl groups is 11. The van der Waals surface area contributed by atoms with E-state index in [2.05, 4.69) is 0 Å². The highest BCUT2D eigenvalue weighted by Crippen LogP contribution is 2.44. The van der Waals surface area contributed by atoms with Gasteiger partial charge in [-0.3, -0.25) is 0 Å². The molecule has 66 heavy (non-hydrogen) atoms. The van der Waals surface area contributed by atoms with Crippen LogP contribution in [-0.2, 0) is 42.7 Å². The fraction of sp³-hybridized carbons (Fsp3) is 0.452. The van der Waals surface area contributed by atoms with Gasteiger partial charge in [0.2, 0.25) is 12.6 Å². The van der Waals surface area contributed by atoms with Gasteiger partial charge in [-0.05, 0) is 42.0 Å². The number of hydrogen-bond donors (Lipinski definition) is 15.